The molecule has 0 amide bonds. The molecular formula is C18H20O2. The summed E-state index contributed by atoms with van der Waals surface area (Å²) in [6.07, 6.45) is 4.70. The van der Waals surface area contributed by atoms with Gasteiger partial charge in [0.25, 0.3) is 0 Å². The molecule has 0 radical (unpaired) electrons. The number of aryl methyl sites for hydroxylation is 3. The zero-order valence-corrected chi connectivity index (χ0v) is 12.3. The third kappa shape index (κ3) is 2.24. The molecule has 0 aliphatic heterocycles. The Morgan fingerprint density at radius 2 is 1.65 bits per heavy atom. The molecule has 1 aromatic carbocycles. The van der Waals surface area contributed by atoms with Gasteiger partial charge in [-0.15, -0.1) is 0 Å². The molecule has 104 valence electrons. The number of hydrogen-bond acceptors (Lipinski definition) is 2. The molecule has 2 nitrogen and oxygen atoms in total. The second-order valence-electron chi connectivity index (χ2n) is 6.28. The van der Waals surface area contributed by atoms with E-state index >= 15 is 0 Å². The van der Waals surface area contributed by atoms with E-state index < -0.39 is 5.92 Å². The average molecular weight is 268 g/mol. The molecule has 0 aromatic heterocycles. The van der Waals surface area contributed by atoms with Crippen LogP contribution in [0.5, 0.6) is 0 Å². The van der Waals surface area contributed by atoms with Crippen LogP contribution in [0.1, 0.15) is 47.4 Å². The Bertz CT molecular complexity index is 610. The van der Waals surface area contributed by atoms with Crippen molar-refractivity contribution in [2.75, 3.05) is 0 Å². The van der Waals surface area contributed by atoms with Gasteiger partial charge in [-0.2, -0.15) is 0 Å². The Labute approximate surface area is 119 Å². The highest BCUT2D eigenvalue weighted by Crippen LogP contribution is 2.39. The first-order valence-electron chi connectivity index (χ1n) is 7.32. The SMILES string of the molecule is Cc1cc(C)c(C2C(=O)CC(=CC3CC3)C2=O)c(C)c1. The highest BCUT2D eigenvalue weighted by molar-refractivity contribution is 6.23. The molecule has 0 bridgehead atoms. The minimum atomic E-state index is -0.555. The Balaban J connectivity index is 2.02. The molecule has 2 fully saturated rings. The molecule has 0 heterocycles. The van der Waals surface area contributed by atoms with Gasteiger partial charge in [0, 0.05) is 6.42 Å². The number of carbonyl (C=O) groups is 2. The fourth-order valence-electron chi connectivity index (χ4n) is 3.34. The zero-order valence-electron chi connectivity index (χ0n) is 12.3. The lowest BCUT2D eigenvalue weighted by molar-refractivity contribution is -0.123. The van der Waals surface area contributed by atoms with Crippen LogP contribution in [0.25, 0.3) is 0 Å². The van der Waals surface area contributed by atoms with Gasteiger partial charge < -0.3 is 0 Å². The minimum Gasteiger partial charge on any atom is -0.298 e. The highest BCUT2D eigenvalue weighted by Gasteiger charge is 2.40. The van der Waals surface area contributed by atoms with Crippen LogP contribution in [-0.2, 0) is 9.59 Å². The minimum absolute atomic E-state index is 0.0388. The molecule has 0 spiro atoms. The van der Waals surface area contributed by atoms with Crippen molar-refractivity contribution in [3.8, 4) is 0 Å². The first-order valence-corrected chi connectivity index (χ1v) is 7.32. The monoisotopic (exact) mass is 268 g/mol. The smallest absolute Gasteiger partial charge is 0.173 e. The van der Waals surface area contributed by atoms with Crippen LogP contribution < -0.4 is 0 Å². The Morgan fingerprint density at radius 3 is 2.20 bits per heavy atom. The van der Waals surface area contributed by atoms with E-state index in [-0.39, 0.29) is 11.6 Å². The summed E-state index contributed by atoms with van der Waals surface area (Å²) in [4.78, 5) is 24.9. The largest absolute Gasteiger partial charge is 0.298 e. The fraction of sp³-hybridized carbons (Fsp3) is 0.444. The van der Waals surface area contributed by atoms with Crippen molar-refractivity contribution in [2.45, 2.75) is 46.0 Å². The van der Waals surface area contributed by atoms with Crippen LogP contribution in [0.2, 0.25) is 0 Å². The standard InChI is InChI=1S/C18H20O2/c1-10-6-11(2)16(12(3)7-10)17-15(19)9-14(18(17)20)8-13-4-5-13/h6-8,13,17H,4-5,9H2,1-3H3. The van der Waals surface area contributed by atoms with Crippen LogP contribution in [0.3, 0.4) is 0 Å². The van der Waals surface area contributed by atoms with Crippen LogP contribution >= 0.6 is 0 Å². The van der Waals surface area contributed by atoms with Gasteiger partial charge in [-0.3, -0.25) is 9.59 Å². The summed E-state index contributed by atoms with van der Waals surface area (Å²) in [5, 5.41) is 0. The van der Waals surface area contributed by atoms with Gasteiger partial charge in [0.1, 0.15) is 5.92 Å². The number of rotatable bonds is 2. The fourth-order valence-corrected chi connectivity index (χ4v) is 3.34. The Kier molecular flexibility index (Phi) is 3.12. The highest BCUT2D eigenvalue weighted by atomic mass is 16.2. The third-order valence-corrected chi connectivity index (χ3v) is 4.35. The lowest BCUT2D eigenvalue weighted by Crippen LogP contribution is -2.15. The van der Waals surface area contributed by atoms with Gasteiger partial charge in [-0.25, -0.2) is 0 Å². The van der Waals surface area contributed by atoms with E-state index in [1.165, 1.54) is 5.56 Å². The predicted molar refractivity (Wildman–Crippen MR) is 78.8 cm³/mol. The molecule has 1 unspecified atom stereocenters. The molecule has 20 heavy (non-hydrogen) atoms. The van der Waals surface area contributed by atoms with E-state index in [1.54, 1.807) is 0 Å². The Hall–Kier alpha value is -1.70. The molecule has 2 aliphatic rings. The summed E-state index contributed by atoms with van der Waals surface area (Å²) in [6, 6.07) is 4.12. The predicted octanol–water partition coefficient (Wildman–Crippen LogP) is 3.57. The van der Waals surface area contributed by atoms with Gasteiger partial charge >= 0.3 is 0 Å². The second-order valence-corrected chi connectivity index (χ2v) is 6.28. The molecule has 0 N–H and O–H groups in total. The zero-order chi connectivity index (χ0) is 14.4. The molecule has 2 aliphatic carbocycles. The van der Waals surface area contributed by atoms with Crippen LogP contribution in [0, 0.1) is 26.7 Å². The molecule has 1 atom stereocenters. The lowest BCUT2D eigenvalue weighted by atomic mass is 9.87. The molecular weight excluding hydrogens is 248 g/mol. The summed E-state index contributed by atoms with van der Waals surface area (Å²) in [5.41, 5.74) is 4.98. The van der Waals surface area contributed by atoms with Crippen molar-refractivity contribution in [1.82, 2.24) is 0 Å². The second kappa shape index (κ2) is 4.69. The lowest BCUT2D eigenvalue weighted by Gasteiger charge is -2.15. The van der Waals surface area contributed by atoms with Gasteiger partial charge in [0.15, 0.2) is 11.6 Å². The molecule has 1 aromatic rings. The number of benzene rings is 1. The number of carbonyl (C=O) groups excluding carboxylic acids is 2. The topological polar surface area (TPSA) is 34.1 Å². The molecule has 2 saturated carbocycles. The Morgan fingerprint density at radius 1 is 1.05 bits per heavy atom. The molecule has 0 saturated heterocycles. The maximum absolute atomic E-state index is 12.6. The van der Waals surface area contributed by atoms with Gasteiger partial charge in [0.2, 0.25) is 0 Å². The van der Waals surface area contributed by atoms with Crippen molar-refractivity contribution in [3.05, 3.63) is 46.0 Å². The van der Waals surface area contributed by atoms with Crippen LogP contribution in [0.4, 0.5) is 0 Å². The van der Waals surface area contributed by atoms with Gasteiger partial charge in [0.05, 0.1) is 0 Å². The van der Waals surface area contributed by atoms with E-state index in [0.29, 0.717) is 12.3 Å². The van der Waals surface area contributed by atoms with Gasteiger partial charge in [-0.05, 0) is 61.8 Å². The summed E-state index contributed by atoms with van der Waals surface area (Å²) >= 11 is 0. The maximum Gasteiger partial charge on any atom is 0.173 e. The van der Waals surface area contributed by atoms with Crippen molar-refractivity contribution >= 4 is 11.6 Å². The van der Waals surface area contributed by atoms with Crippen LogP contribution in [0.15, 0.2) is 23.8 Å². The summed E-state index contributed by atoms with van der Waals surface area (Å²) < 4.78 is 0. The van der Waals surface area contributed by atoms with E-state index in [0.717, 1.165) is 35.1 Å². The number of ketones is 2. The first kappa shape index (κ1) is 13.3. The maximum atomic E-state index is 12.6. The van der Waals surface area contributed by atoms with E-state index in [1.807, 2.05) is 26.8 Å². The number of allylic oxidation sites excluding steroid dienone is 2. The normalized spacial score (nSPS) is 24.8. The quantitative estimate of drug-likeness (QED) is 0.607. The summed E-state index contributed by atoms with van der Waals surface area (Å²) in [7, 11) is 0. The van der Waals surface area contributed by atoms with Crippen molar-refractivity contribution in [3.63, 3.8) is 0 Å². The van der Waals surface area contributed by atoms with E-state index in [9.17, 15) is 9.59 Å². The average Bonchev–Trinajstić information content (AvgIpc) is 3.11. The summed E-state index contributed by atoms with van der Waals surface area (Å²) in [5.74, 6) is 0.0928. The number of hydrogen-bond donors (Lipinski definition) is 0. The van der Waals surface area contributed by atoms with Crippen molar-refractivity contribution < 1.29 is 9.59 Å². The van der Waals surface area contributed by atoms with E-state index in [4.69, 9.17) is 0 Å². The molecule has 3 rings (SSSR count). The molecule has 2 heteroatoms. The van der Waals surface area contributed by atoms with Crippen molar-refractivity contribution in [2.24, 2.45) is 5.92 Å². The van der Waals surface area contributed by atoms with Gasteiger partial charge in [-0.1, -0.05) is 23.8 Å². The van der Waals surface area contributed by atoms with Crippen LogP contribution in [-0.4, -0.2) is 11.6 Å². The summed E-state index contributed by atoms with van der Waals surface area (Å²) in [6.45, 7) is 6.04. The van der Waals surface area contributed by atoms with Crippen molar-refractivity contribution in [1.29, 1.82) is 0 Å². The number of Topliss-reactive ketones (excluding diaryl/α,β-unsaturated/α-hetero) is 2. The first-order chi connectivity index (χ1) is 9.47. The third-order valence-electron chi connectivity index (χ3n) is 4.35. The van der Waals surface area contributed by atoms with E-state index in [2.05, 4.69) is 12.1 Å².